The van der Waals surface area contributed by atoms with Gasteiger partial charge in [-0.15, -0.1) is 0 Å². The summed E-state index contributed by atoms with van der Waals surface area (Å²) in [6.07, 6.45) is 0.114. The van der Waals surface area contributed by atoms with Crippen molar-refractivity contribution in [3.05, 3.63) is 0 Å². The summed E-state index contributed by atoms with van der Waals surface area (Å²) in [6.45, 7) is 18.3. The normalized spacial score (nSPS) is 14.5. The van der Waals surface area contributed by atoms with Gasteiger partial charge < -0.3 is 8.85 Å². The van der Waals surface area contributed by atoms with Crippen molar-refractivity contribution < 1.29 is 18.4 Å². The maximum absolute atomic E-state index is 12.4. The first kappa shape index (κ1) is 20.9. The third-order valence-corrected chi connectivity index (χ3v) is 7.92. The molecule has 124 valence electrons. The van der Waals surface area contributed by atoms with Crippen LogP contribution in [0.5, 0.6) is 0 Å². The Labute approximate surface area is 136 Å². The molecule has 4 nitrogen and oxygen atoms in total. The topological polar surface area (TPSA) is 52.6 Å². The van der Waals surface area contributed by atoms with Crippen LogP contribution in [-0.4, -0.2) is 41.0 Å². The second-order valence-corrected chi connectivity index (χ2v) is 26.3. The zero-order valence-electron chi connectivity index (χ0n) is 14.8. The van der Waals surface area contributed by atoms with Gasteiger partial charge in [0.25, 0.3) is 5.97 Å². The minimum absolute atomic E-state index is 0.114. The third kappa shape index (κ3) is 12.2. The first-order chi connectivity index (χ1) is 9.09. The van der Waals surface area contributed by atoms with Crippen LogP contribution < -0.4 is 0 Å². The molecule has 8 heteroatoms. The second-order valence-electron chi connectivity index (χ2n) is 8.04. The fourth-order valence-corrected chi connectivity index (χ4v) is 7.42. The average molecular weight is 367 g/mol. The smallest absolute Gasteiger partial charge is 0.305 e. The Morgan fingerprint density at radius 2 is 1.29 bits per heavy atom. The average Bonchev–Trinajstić information content (AvgIpc) is 2.07. The van der Waals surface area contributed by atoms with Crippen LogP contribution in [0.25, 0.3) is 0 Å². The molecule has 0 radical (unpaired) electrons. The molecular formula is C13H30O4SSi3. The number of hydrogen-bond donors (Lipinski definition) is 0. The summed E-state index contributed by atoms with van der Waals surface area (Å²) in [7, 11) is -5.41. The fourth-order valence-electron chi connectivity index (χ4n) is 1.50. The molecule has 0 aliphatic carbocycles. The van der Waals surface area contributed by atoms with Gasteiger partial charge in [-0.1, -0.05) is 19.6 Å². The third-order valence-electron chi connectivity index (χ3n) is 1.94. The largest absolute Gasteiger partial charge is 0.520 e. The van der Waals surface area contributed by atoms with Crippen LogP contribution >= 0.6 is 11.2 Å². The Balaban J connectivity index is 4.91. The molecule has 0 saturated carbocycles. The molecule has 0 fully saturated rings. The van der Waals surface area contributed by atoms with Gasteiger partial charge in [0.05, 0.1) is 6.42 Å². The zero-order chi connectivity index (χ0) is 17.1. The van der Waals surface area contributed by atoms with Crippen molar-refractivity contribution in [3.63, 3.8) is 0 Å². The molecule has 1 atom stereocenters. The van der Waals surface area contributed by atoms with Crippen molar-refractivity contribution in [2.45, 2.75) is 70.6 Å². The van der Waals surface area contributed by atoms with Crippen LogP contribution in [0.4, 0.5) is 0 Å². The van der Waals surface area contributed by atoms with Crippen LogP contribution in [-0.2, 0) is 18.4 Å². The summed E-state index contributed by atoms with van der Waals surface area (Å²) in [5, 5.41) is -0.438. The first-order valence-corrected chi connectivity index (χ1v) is 19.1. The highest BCUT2D eigenvalue weighted by atomic mass is 32.4. The fraction of sp³-hybridized carbons (Fsp3) is 0.846. The van der Waals surface area contributed by atoms with E-state index in [1.54, 1.807) is 11.2 Å². The molecule has 0 saturated heterocycles. The van der Waals surface area contributed by atoms with Crippen molar-refractivity contribution in [3.8, 4) is 0 Å². The van der Waals surface area contributed by atoms with Gasteiger partial charge in [0.2, 0.25) is 16.6 Å². The number of hydrogen-bond acceptors (Lipinski definition) is 5. The minimum Gasteiger partial charge on any atom is -0.520 e. The van der Waals surface area contributed by atoms with E-state index in [4.69, 9.17) is 8.85 Å². The van der Waals surface area contributed by atoms with E-state index >= 15 is 0 Å². The molecular weight excluding hydrogens is 336 g/mol. The molecule has 0 aromatic carbocycles. The number of carbonyl (C=O) groups is 2. The highest BCUT2D eigenvalue weighted by molar-refractivity contribution is 8.29. The molecule has 0 N–H and O–H groups in total. The predicted octanol–water partition coefficient (Wildman–Crippen LogP) is 4.07. The monoisotopic (exact) mass is 366 g/mol. The van der Waals surface area contributed by atoms with Crippen LogP contribution in [0.15, 0.2) is 0 Å². The number of carbonyl (C=O) groups excluding carboxylic acids is 2. The molecule has 0 bridgehead atoms. The van der Waals surface area contributed by atoms with E-state index in [-0.39, 0.29) is 18.4 Å². The Hall–Kier alpha value is -0.0594. The van der Waals surface area contributed by atoms with E-state index in [0.717, 1.165) is 0 Å². The summed E-state index contributed by atoms with van der Waals surface area (Å²) >= 11 is 1.61. The lowest BCUT2D eigenvalue weighted by atomic mass is 10.3. The Morgan fingerprint density at radius 3 is 1.62 bits per heavy atom. The molecule has 1 unspecified atom stereocenters. The van der Waals surface area contributed by atoms with Crippen LogP contribution in [0, 0.1) is 0 Å². The van der Waals surface area contributed by atoms with Gasteiger partial charge in [-0.2, -0.15) is 11.2 Å². The molecule has 0 aromatic rings. The van der Waals surface area contributed by atoms with Gasteiger partial charge in [0.1, 0.15) is 12.5 Å². The van der Waals surface area contributed by atoms with Gasteiger partial charge >= 0.3 is 5.97 Å². The summed E-state index contributed by atoms with van der Waals surface area (Å²) in [6, 6.07) is 0. The predicted molar refractivity (Wildman–Crippen MR) is 98.2 cm³/mol. The summed E-state index contributed by atoms with van der Waals surface area (Å²) < 4.78 is 11.1. The number of rotatable bonds is 7. The lowest BCUT2D eigenvalue weighted by Crippen LogP contribution is -2.38. The minimum atomic E-state index is -1.95. The van der Waals surface area contributed by atoms with Gasteiger partial charge in [0, 0.05) is 0 Å². The maximum Gasteiger partial charge on any atom is 0.305 e. The SMILES string of the molecule is C[Si](C)(C)OC(=O)CC(S[Si](C)(C)C)C(=O)O[Si](C)(C)C. The van der Waals surface area contributed by atoms with E-state index in [1.165, 1.54) is 0 Å². The second kappa shape index (κ2) is 7.47. The molecule has 0 aromatic heterocycles. The van der Waals surface area contributed by atoms with Crippen molar-refractivity contribution >= 4 is 47.0 Å². The van der Waals surface area contributed by atoms with Crippen molar-refractivity contribution in [2.24, 2.45) is 0 Å². The summed E-state index contributed by atoms with van der Waals surface area (Å²) in [5.41, 5.74) is 0. The Bertz CT molecular complexity index is 380. The lowest BCUT2D eigenvalue weighted by Gasteiger charge is -2.27. The standard InChI is InChI=1S/C13H30O4SSi3/c1-19(2,3)16-12(14)10-11(18-21(7,8)9)13(15)17-20(4,5)6/h11H,10H2,1-9H3. The van der Waals surface area contributed by atoms with E-state index in [2.05, 4.69) is 19.6 Å². The van der Waals surface area contributed by atoms with Crippen molar-refractivity contribution in [2.75, 3.05) is 0 Å². The lowest BCUT2D eigenvalue weighted by molar-refractivity contribution is -0.140. The molecule has 0 aliphatic rings. The van der Waals surface area contributed by atoms with Crippen LogP contribution in [0.1, 0.15) is 6.42 Å². The zero-order valence-corrected chi connectivity index (χ0v) is 18.6. The first-order valence-electron chi connectivity index (χ1n) is 7.22. The highest BCUT2D eigenvalue weighted by Gasteiger charge is 2.34. The quantitative estimate of drug-likeness (QED) is 0.636. The van der Waals surface area contributed by atoms with Gasteiger partial charge in [-0.25, -0.2) is 0 Å². The molecule has 0 rings (SSSR count). The molecule has 0 spiro atoms. The van der Waals surface area contributed by atoms with E-state index in [0.29, 0.717) is 0 Å². The summed E-state index contributed by atoms with van der Waals surface area (Å²) in [4.78, 5) is 24.4. The summed E-state index contributed by atoms with van der Waals surface area (Å²) in [5.74, 6) is -0.536. The molecule has 0 aliphatic heterocycles. The molecule has 0 amide bonds. The highest BCUT2D eigenvalue weighted by Crippen LogP contribution is 2.29. The van der Waals surface area contributed by atoms with Crippen molar-refractivity contribution in [1.29, 1.82) is 0 Å². The maximum atomic E-state index is 12.4. The Morgan fingerprint density at radius 1 is 0.857 bits per heavy atom. The van der Waals surface area contributed by atoms with E-state index in [9.17, 15) is 9.59 Å². The van der Waals surface area contributed by atoms with Crippen LogP contribution in [0.2, 0.25) is 58.9 Å². The van der Waals surface area contributed by atoms with E-state index < -0.39 is 29.1 Å². The van der Waals surface area contributed by atoms with E-state index in [1.807, 2.05) is 39.3 Å². The van der Waals surface area contributed by atoms with Gasteiger partial charge in [-0.05, 0) is 39.3 Å². The van der Waals surface area contributed by atoms with Crippen molar-refractivity contribution in [1.82, 2.24) is 0 Å². The molecule has 21 heavy (non-hydrogen) atoms. The van der Waals surface area contributed by atoms with Gasteiger partial charge in [-0.3, -0.25) is 9.59 Å². The Kier molecular flexibility index (Phi) is 7.45. The van der Waals surface area contributed by atoms with Gasteiger partial charge in [0.15, 0.2) is 0 Å². The molecule has 0 heterocycles. The van der Waals surface area contributed by atoms with Crippen LogP contribution in [0.3, 0.4) is 0 Å².